The lowest BCUT2D eigenvalue weighted by Gasteiger charge is -2.46. The standard InChI is InChI=1S/C27H35N3O9/c1-18-26(38-17-19-5-10-23-22(15-19)28(12-14-37-23)11-4-13-35-2)25(20-6-8-21(36-3)9-7-20)24(39-30(33)34)16-29(18)27(31)32/h5-10,15,18,24-26H,4,11-14,16-17H2,1-3H3,(H,31,32)/t18?,24-,25+,26+/m1/s1. The summed E-state index contributed by atoms with van der Waals surface area (Å²) in [6, 6.07) is 12.3. The molecule has 39 heavy (non-hydrogen) atoms. The molecule has 2 aliphatic rings. The zero-order valence-corrected chi connectivity index (χ0v) is 22.4. The summed E-state index contributed by atoms with van der Waals surface area (Å²) in [5.74, 6) is 0.824. The van der Waals surface area contributed by atoms with Crippen molar-refractivity contribution in [3.05, 3.63) is 63.7 Å². The Balaban J connectivity index is 1.61. The van der Waals surface area contributed by atoms with Crippen molar-refractivity contribution in [2.75, 3.05) is 52.0 Å². The molecule has 0 radical (unpaired) electrons. The Morgan fingerprint density at radius 3 is 2.64 bits per heavy atom. The molecule has 1 unspecified atom stereocenters. The Labute approximate surface area is 227 Å². The van der Waals surface area contributed by atoms with Crippen molar-refractivity contribution in [1.82, 2.24) is 4.90 Å². The molecule has 0 aromatic heterocycles. The van der Waals surface area contributed by atoms with Gasteiger partial charge in [-0.25, -0.2) is 4.79 Å². The third-order valence-corrected chi connectivity index (χ3v) is 7.27. The van der Waals surface area contributed by atoms with Crippen LogP contribution in [0.15, 0.2) is 42.5 Å². The lowest BCUT2D eigenvalue weighted by Crippen LogP contribution is -2.59. The summed E-state index contributed by atoms with van der Waals surface area (Å²) in [5.41, 5.74) is 2.56. The molecule has 4 atom stereocenters. The summed E-state index contributed by atoms with van der Waals surface area (Å²) in [7, 11) is 3.23. The van der Waals surface area contributed by atoms with Crippen LogP contribution in [0.5, 0.6) is 11.5 Å². The van der Waals surface area contributed by atoms with E-state index in [9.17, 15) is 20.0 Å². The van der Waals surface area contributed by atoms with E-state index in [0.29, 0.717) is 19.0 Å². The number of fused-ring (bicyclic) bond motifs is 1. The number of benzene rings is 2. The number of hydrogen-bond acceptors (Lipinski definition) is 9. The van der Waals surface area contributed by atoms with Gasteiger partial charge in [-0.3, -0.25) is 0 Å². The van der Waals surface area contributed by atoms with Gasteiger partial charge in [0.25, 0.3) is 5.09 Å². The molecule has 12 nitrogen and oxygen atoms in total. The van der Waals surface area contributed by atoms with Gasteiger partial charge in [-0.1, -0.05) is 18.2 Å². The minimum atomic E-state index is -1.20. The van der Waals surface area contributed by atoms with Crippen LogP contribution in [-0.4, -0.2) is 86.5 Å². The first kappa shape index (κ1) is 28.2. The molecule has 1 amide bonds. The predicted molar refractivity (Wildman–Crippen MR) is 141 cm³/mol. The van der Waals surface area contributed by atoms with Crippen LogP contribution in [0.3, 0.4) is 0 Å². The molecule has 2 heterocycles. The first-order valence-corrected chi connectivity index (χ1v) is 12.9. The average molecular weight is 546 g/mol. The molecule has 0 bridgehead atoms. The van der Waals surface area contributed by atoms with Crippen LogP contribution in [-0.2, 0) is 20.9 Å². The van der Waals surface area contributed by atoms with E-state index >= 15 is 0 Å². The zero-order valence-electron chi connectivity index (χ0n) is 22.4. The first-order chi connectivity index (χ1) is 18.8. The summed E-state index contributed by atoms with van der Waals surface area (Å²) in [6.07, 6.45) is -2.10. The van der Waals surface area contributed by atoms with Crippen molar-refractivity contribution in [1.29, 1.82) is 0 Å². The van der Waals surface area contributed by atoms with Crippen molar-refractivity contribution in [2.45, 2.75) is 44.1 Å². The maximum Gasteiger partial charge on any atom is 0.407 e. The van der Waals surface area contributed by atoms with E-state index < -0.39 is 35.3 Å². The van der Waals surface area contributed by atoms with E-state index in [1.54, 1.807) is 45.4 Å². The minimum Gasteiger partial charge on any atom is -0.497 e. The van der Waals surface area contributed by atoms with Gasteiger partial charge in [-0.05, 0) is 48.7 Å². The second kappa shape index (κ2) is 12.9. The van der Waals surface area contributed by atoms with E-state index in [1.165, 1.54) is 0 Å². The average Bonchev–Trinajstić information content (AvgIpc) is 2.93. The van der Waals surface area contributed by atoms with E-state index in [2.05, 4.69) is 4.90 Å². The second-order valence-electron chi connectivity index (χ2n) is 9.60. The molecule has 0 spiro atoms. The van der Waals surface area contributed by atoms with E-state index in [4.69, 9.17) is 23.8 Å². The Kier molecular flexibility index (Phi) is 9.31. The molecular formula is C27H35N3O9. The van der Waals surface area contributed by atoms with Crippen molar-refractivity contribution >= 4 is 11.8 Å². The number of likely N-dealkylation sites (tertiary alicyclic amines) is 1. The lowest BCUT2D eigenvalue weighted by molar-refractivity contribution is -0.770. The number of piperidine rings is 1. The Morgan fingerprint density at radius 1 is 1.21 bits per heavy atom. The van der Waals surface area contributed by atoms with Crippen molar-refractivity contribution < 1.29 is 38.8 Å². The third-order valence-electron chi connectivity index (χ3n) is 7.27. The van der Waals surface area contributed by atoms with E-state index in [-0.39, 0.29) is 13.2 Å². The molecule has 1 saturated heterocycles. The number of carboxylic acid groups (broad SMARTS) is 1. The smallest absolute Gasteiger partial charge is 0.407 e. The summed E-state index contributed by atoms with van der Waals surface area (Å²) < 4.78 is 22.7. The fraction of sp³-hybridized carbons (Fsp3) is 0.519. The number of carbonyl (C=O) groups is 1. The van der Waals surface area contributed by atoms with Crippen LogP contribution in [0.2, 0.25) is 0 Å². The van der Waals surface area contributed by atoms with Crippen LogP contribution in [0.1, 0.15) is 30.4 Å². The summed E-state index contributed by atoms with van der Waals surface area (Å²) in [5, 5.41) is 20.3. The van der Waals surface area contributed by atoms with Gasteiger partial charge in [0.2, 0.25) is 0 Å². The van der Waals surface area contributed by atoms with Gasteiger partial charge < -0.3 is 38.7 Å². The maximum absolute atomic E-state index is 12.0. The molecular weight excluding hydrogens is 510 g/mol. The second-order valence-corrected chi connectivity index (χ2v) is 9.60. The Hall–Kier alpha value is -3.77. The third kappa shape index (κ3) is 6.63. The molecule has 2 aromatic rings. The van der Waals surface area contributed by atoms with Crippen LogP contribution >= 0.6 is 0 Å². The van der Waals surface area contributed by atoms with Crippen molar-refractivity contribution in [2.24, 2.45) is 0 Å². The minimum absolute atomic E-state index is 0.166. The maximum atomic E-state index is 12.0. The van der Waals surface area contributed by atoms with E-state index in [1.807, 2.05) is 18.2 Å². The molecule has 212 valence electrons. The number of ether oxygens (including phenoxy) is 4. The summed E-state index contributed by atoms with van der Waals surface area (Å²) >= 11 is 0. The highest BCUT2D eigenvalue weighted by atomic mass is 17.0. The topological polar surface area (TPSA) is 133 Å². The van der Waals surface area contributed by atoms with Gasteiger partial charge in [0.1, 0.15) is 24.2 Å². The first-order valence-electron chi connectivity index (χ1n) is 12.9. The highest BCUT2D eigenvalue weighted by Crippen LogP contribution is 2.38. The molecule has 1 fully saturated rings. The van der Waals surface area contributed by atoms with Crippen LogP contribution in [0.4, 0.5) is 10.5 Å². The molecule has 2 aliphatic heterocycles. The zero-order chi connectivity index (χ0) is 27.9. The fourth-order valence-corrected chi connectivity index (χ4v) is 5.33. The van der Waals surface area contributed by atoms with Gasteiger partial charge in [0.15, 0.2) is 0 Å². The number of methoxy groups -OCH3 is 2. The summed E-state index contributed by atoms with van der Waals surface area (Å²) in [6.45, 7) is 4.59. The van der Waals surface area contributed by atoms with Crippen molar-refractivity contribution in [3.63, 3.8) is 0 Å². The van der Waals surface area contributed by atoms with Crippen LogP contribution in [0.25, 0.3) is 0 Å². The Morgan fingerprint density at radius 2 is 1.97 bits per heavy atom. The molecule has 0 saturated carbocycles. The van der Waals surface area contributed by atoms with Gasteiger partial charge in [-0.15, -0.1) is 10.1 Å². The number of hydrogen-bond donors (Lipinski definition) is 1. The largest absolute Gasteiger partial charge is 0.497 e. The molecule has 4 rings (SSSR count). The number of nitrogens with zero attached hydrogens (tertiary/aromatic N) is 3. The van der Waals surface area contributed by atoms with E-state index in [0.717, 1.165) is 47.0 Å². The van der Waals surface area contributed by atoms with Gasteiger partial charge >= 0.3 is 6.09 Å². The number of amides is 1. The molecule has 1 N–H and O–H groups in total. The van der Waals surface area contributed by atoms with Crippen LogP contribution in [0, 0.1) is 10.1 Å². The molecule has 12 heteroatoms. The monoisotopic (exact) mass is 545 g/mol. The van der Waals surface area contributed by atoms with Gasteiger partial charge in [0.05, 0.1) is 44.6 Å². The quantitative estimate of drug-likeness (QED) is 0.254. The van der Waals surface area contributed by atoms with Crippen LogP contribution < -0.4 is 14.4 Å². The van der Waals surface area contributed by atoms with Gasteiger partial charge in [0, 0.05) is 26.2 Å². The highest BCUT2D eigenvalue weighted by molar-refractivity contribution is 5.66. The summed E-state index contributed by atoms with van der Waals surface area (Å²) in [4.78, 5) is 31.8. The molecule has 2 aromatic carbocycles. The fourth-order valence-electron chi connectivity index (χ4n) is 5.33. The number of anilines is 1. The number of rotatable bonds is 11. The predicted octanol–water partition coefficient (Wildman–Crippen LogP) is 3.56. The SMILES string of the molecule is COCCCN1CCOc2ccc(CO[C@H]3C(C)N(C(=O)O)C[C@@H](O[N+](=O)[O-])[C@@H]3c3ccc(OC)cc3)cc21. The van der Waals surface area contributed by atoms with Gasteiger partial charge in [-0.2, -0.15) is 0 Å². The molecule has 0 aliphatic carbocycles. The highest BCUT2D eigenvalue weighted by Gasteiger charge is 2.46. The normalized spacial score (nSPS) is 22.5. The Bertz CT molecular complexity index is 1130. The van der Waals surface area contributed by atoms with Crippen molar-refractivity contribution in [3.8, 4) is 11.5 Å². The lowest BCUT2D eigenvalue weighted by atomic mass is 9.81.